The van der Waals surface area contributed by atoms with Gasteiger partial charge >= 0.3 is 5.97 Å². The Balaban J connectivity index is 2.60. The molecule has 1 aromatic rings. The number of ether oxygens (including phenoxy) is 1. The van der Waals surface area contributed by atoms with Crippen molar-refractivity contribution >= 4 is 35.0 Å². The van der Waals surface area contributed by atoms with Crippen LogP contribution in [0, 0.1) is 10.1 Å². The SMILES string of the molecule is CCSCCC(=O)Oc1ccc([N+](=O)[O-])c(Cl)c1. The molecule has 0 aliphatic carbocycles. The number of hydrogen-bond acceptors (Lipinski definition) is 5. The molecule has 0 fully saturated rings. The predicted molar refractivity (Wildman–Crippen MR) is 71.4 cm³/mol. The number of nitro benzene ring substituents is 1. The third-order valence-corrected chi connectivity index (χ3v) is 3.21. The summed E-state index contributed by atoms with van der Waals surface area (Å²) >= 11 is 7.34. The molecule has 0 saturated carbocycles. The molecular formula is C11H12ClNO4S. The van der Waals surface area contributed by atoms with Gasteiger partial charge < -0.3 is 4.74 Å². The van der Waals surface area contributed by atoms with Crippen molar-refractivity contribution < 1.29 is 14.5 Å². The first-order chi connectivity index (χ1) is 8.54. The van der Waals surface area contributed by atoms with Gasteiger partial charge in [-0.3, -0.25) is 14.9 Å². The van der Waals surface area contributed by atoms with Gasteiger partial charge in [0.05, 0.1) is 11.3 Å². The average Bonchev–Trinajstić information content (AvgIpc) is 2.28. The third-order valence-electron chi connectivity index (χ3n) is 2.00. The molecule has 5 nitrogen and oxygen atoms in total. The topological polar surface area (TPSA) is 69.4 Å². The number of halogens is 1. The summed E-state index contributed by atoms with van der Waals surface area (Å²) in [5.41, 5.74) is -0.210. The van der Waals surface area contributed by atoms with Crippen LogP contribution in [0.5, 0.6) is 5.75 Å². The monoisotopic (exact) mass is 289 g/mol. The molecule has 0 unspecified atom stereocenters. The highest BCUT2D eigenvalue weighted by atomic mass is 35.5. The van der Waals surface area contributed by atoms with Crippen LogP contribution in [0.4, 0.5) is 5.69 Å². The van der Waals surface area contributed by atoms with Crippen molar-refractivity contribution in [1.82, 2.24) is 0 Å². The van der Waals surface area contributed by atoms with Crippen LogP contribution in [-0.2, 0) is 4.79 Å². The summed E-state index contributed by atoms with van der Waals surface area (Å²) in [6, 6.07) is 3.84. The number of nitrogens with zero attached hydrogens (tertiary/aromatic N) is 1. The van der Waals surface area contributed by atoms with E-state index in [-0.39, 0.29) is 22.4 Å². The number of benzene rings is 1. The molecule has 0 heterocycles. The molecule has 98 valence electrons. The average molecular weight is 290 g/mol. The number of carbonyl (C=O) groups excluding carboxylic acids is 1. The molecule has 0 atom stereocenters. The van der Waals surface area contributed by atoms with E-state index < -0.39 is 4.92 Å². The molecule has 0 aliphatic heterocycles. The van der Waals surface area contributed by atoms with Crippen LogP contribution >= 0.6 is 23.4 Å². The van der Waals surface area contributed by atoms with E-state index in [1.165, 1.54) is 18.2 Å². The fourth-order valence-corrected chi connectivity index (χ4v) is 2.02. The quantitative estimate of drug-likeness (QED) is 0.264. The van der Waals surface area contributed by atoms with Gasteiger partial charge in [-0.2, -0.15) is 11.8 Å². The Labute approximate surface area is 114 Å². The van der Waals surface area contributed by atoms with E-state index in [4.69, 9.17) is 16.3 Å². The Hall–Kier alpha value is -1.27. The van der Waals surface area contributed by atoms with Crippen molar-refractivity contribution in [2.45, 2.75) is 13.3 Å². The van der Waals surface area contributed by atoms with Crippen LogP contribution < -0.4 is 4.74 Å². The lowest BCUT2D eigenvalue weighted by Crippen LogP contribution is -2.08. The van der Waals surface area contributed by atoms with Gasteiger partial charge in [0.1, 0.15) is 10.8 Å². The van der Waals surface area contributed by atoms with Gasteiger partial charge in [-0.05, 0) is 11.8 Å². The van der Waals surface area contributed by atoms with Crippen molar-refractivity contribution in [2.75, 3.05) is 11.5 Å². The first-order valence-electron chi connectivity index (χ1n) is 5.27. The second-order valence-electron chi connectivity index (χ2n) is 3.29. The second kappa shape index (κ2) is 7.23. The van der Waals surface area contributed by atoms with Crippen LogP contribution in [-0.4, -0.2) is 22.4 Å². The maximum atomic E-state index is 11.4. The van der Waals surface area contributed by atoms with Gasteiger partial charge in [0.2, 0.25) is 0 Å². The normalized spacial score (nSPS) is 10.1. The Morgan fingerprint density at radius 2 is 2.28 bits per heavy atom. The Bertz CT molecular complexity index is 453. The van der Waals surface area contributed by atoms with E-state index in [1.807, 2.05) is 6.92 Å². The van der Waals surface area contributed by atoms with E-state index in [0.717, 1.165) is 5.75 Å². The van der Waals surface area contributed by atoms with Crippen LogP contribution in [0.3, 0.4) is 0 Å². The standard InChI is InChI=1S/C11H12ClNO4S/c1-2-18-6-5-11(14)17-8-3-4-10(13(15)16)9(12)7-8/h3-4,7H,2,5-6H2,1H3. The fraction of sp³-hybridized carbons (Fsp3) is 0.364. The van der Waals surface area contributed by atoms with Gasteiger partial charge in [0, 0.05) is 17.9 Å². The van der Waals surface area contributed by atoms with Crippen molar-refractivity contribution in [3.05, 3.63) is 33.3 Å². The van der Waals surface area contributed by atoms with Crippen molar-refractivity contribution in [3.63, 3.8) is 0 Å². The highest BCUT2D eigenvalue weighted by Crippen LogP contribution is 2.28. The number of esters is 1. The van der Waals surface area contributed by atoms with Crippen molar-refractivity contribution in [3.8, 4) is 5.75 Å². The Kier molecular flexibility index (Phi) is 5.94. The molecule has 0 spiro atoms. The van der Waals surface area contributed by atoms with Crippen LogP contribution in [0.15, 0.2) is 18.2 Å². The summed E-state index contributed by atoms with van der Waals surface area (Å²) in [5.74, 6) is 1.48. The molecule has 7 heteroatoms. The number of nitro groups is 1. The summed E-state index contributed by atoms with van der Waals surface area (Å²) in [5, 5.41) is 10.5. The minimum atomic E-state index is -0.591. The fourth-order valence-electron chi connectivity index (χ4n) is 1.18. The van der Waals surface area contributed by atoms with E-state index in [0.29, 0.717) is 12.2 Å². The smallest absolute Gasteiger partial charge is 0.312 e. The lowest BCUT2D eigenvalue weighted by molar-refractivity contribution is -0.384. The summed E-state index contributed by atoms with van der Waals surface area (Å²) in [6.45, 7) is 2.01. The van der Waals surface area contributed by atoms with Gasteiger partial charge in [-0.25, -0.2) is 0 Å². The molecule has 18 heavy (non-hydrogen) atoms. The third kappa shape index (κ3) is 4.54. The van der Waals surface area contributed by atoms with E-state index in [2.05, 4.69) is 0 Å². The number of hydrogen-bond donors (Lipinski definition) is 0. The Morgan fingerprint density at radius 1 is 1.56 bits per heavy atom. The molecule has 0 bridgehead atoms. The lowest BCUT2D eigenvalue weighted by Gasteiger charge is -2.04. The largest absolute Gasteiger partial charge is 0.426 e. The summed E-state index contributed by atoms with van der Waals surface area (Å²) < 4.78 is 5.02. The minimum absolute atomic E-state index is 0.0479. The van der Waals surface area contributed by atoms with Gasteiger partial charge in [-0.15, -0.1) is 0 Å². The zero-order valence-electron chi connectivity index (χ0n) is 9.72. The van der Waals surface area contributed by atoms with Gasteiger partial charge in [0.25, 0.3) is 5.69 Å². The van der Waals surface area contributed by atoms with Gasteiger partial charge in [-0.1, -0.05) is 18.5 Å². The van der Waals surface area contributed by atoms with E-state index in [9.17, 15) is 14.9 Å². The molecule has 0 aromatic heterocycles. The minimum Gasteiger partial charge on any atom is -0.426 e. The maximum Gasteiger partial charge on any atom is 0.312 e. The molecule has 0 saturated heterocycles. The summed E-state index contributed by atoms with van der Waals surface area (Å²) in [4.78, 5) is 21.4. The van der Waals surface area contributed by atoms with Gasteiger partial charge in [0.15, 0.2) is 0 Å². The number of carbonyl (C=O) groups is 1. The zero-order chi connectivity index (χ0) is 13.5. The number of thioether (sulfide) groups is 1. The lowest BCUT2D eigenvalue weighted by atomic mass is 10.3. The molecule has 0 N–H and O–H groups in total. The maximum absolute atomic E-state index is 11.4. The van der Waals surface area contributed by atoms with Crippen molar-refractivity contribution in [1.29, 1.82) is 0 Å². The summed E-state index contributed by atoms with van der Waals surface area (Å²) in [6.07, 6.45) is 0.299. The molecule has 0 aliphatic rings. The molecular weight excluding hydrogens is 278 g/mol. The molecule has 0 amide bonds. The van der Waals surface area contributed by atoms with Crippen LogP contribution in [0.1, 0.15) is 13.3 Å². The van der Waals surface area contributed by atoms with Crippen LogP contribution in [0.25, 0.3) is 0 Å². The summed E-state index contributed by atoms with van der Waals surface area (Å²) in [7, 11) is 0. The van der Waals surface area contributed by atoms with E-state index in [1.54, 1.807) is 11.8 Å². The number of rotatable bonds is 6. The predicted octanol–water partition coefficient (Wildman–Crippen LogP) is 3.30. The zero-order valence-corrected chi connectivity index (χ0v) is 11.3. The first-order valence-corrected chi connectivity index (χ1v) is 6.80. The second-order valence-corrected chi connectivity index (χ2v) is 5.09. The highest BCUT2D eigenvalue weighted by molar-refractivity contribution is 7.99. The molecule has 1 aromatic carbocycles. The highest BCUT2D eigenvalue weighted by Gasteiger charge is 2.14. The Morgan fingerprint density at radius 3 is 2.83 bits per heavy atom. The first kappa shape index (κ1) is 14.8. The van der Waals surface area contributed by atoms with Crippen molar-refractivity contribution in [2.24, 2.45) is 0 Å². The molecule has 1 rings (SSSR count). The van der Waals surface area contributed by atoms with E-state index >= 15 is 0 Å². The van der Waals surface area contributed by atoms with Crippen LogP contribution in [0.2, 0.25) is 5.02 Å². The molecule has 0 radical (unpaired) electrons.